The third kappa shape index (κ3) is 3.46. The predicted molar refractivity (Wildman–Crippen MR) is 116 cm³/mol. The second-order valence-electron chi connectivity index (χ2n) is 8.47. The highest BCUT2D eigenvalue weighted by Gasteiger charge is 2.38. The molecule has 3 atom stereocenters. The van der Waals surface area contributed by atoms with Crippen molar-refractivity contribution in [3.8, 4) is 11.8 Å². The van der Waals surface area contributed by atoms with E-state index in [1.807, 2.05) is 25.1 Å². The second kappa shape index (κ2) is 7.59. The molecule has 1 N–H and O–H groups in total. The fourth-order valence-electron chi connectivity index (χ4n) is 5.10. The van der Waals surface area contributed by atoms with Gasteiger partial charge in [0.15, 0.2) is 0 Å². The Balaban J connectivity index is 1.41. The highest BCUT2D eigenvalue weighted by atomic mass is 16.7. The van der Waals surface area contributed by atoms with Crippen LogP contribution in [0.1, 0.15) is 46.6 Å². The Hall–Kier alpha value is -3.59. The Morgan fingerprint density at radius 2 is 2.16 bits per heavy atom. The zero-order valence-corrected chi connectivity index (χ0v) is 17.3. The lowest BCUT2D eigenvalue weighted by atomic mass is 9.82. The van der Waals surface area contributed by atoms with Crippen molar-refractivity contribution in [2.24, 2.45) is 11.0 Å². The molecule has 1 aliphatic heterocycles. The molecule has 0 saturated carbocycles. The molecule has 2 aromatic carbocycles. The minimum absolute atomic E-state index is 0.252. The molecule has 2 aromatic rings. The normalized spacial score (nSPS) is 23.7. The van der Waals surface area contributed by atoms with Crippen molar-refractivity contribution in [1.82, 2.24) is 5.01 Å². The number of ether oxygens (including phenoxy) is 1. The number of hydrogen-bond acceptors (Lipinski definition) is 5. The number of carboxylic acid groups (broad SMARTS) is 1. The molecule has 5 rings (SSSR count). The van der Waals surface area contributed by atoms with Gasteiger partial charge in [0.2, 0.25) is 0 Å². The van der Waals surface area contributed by atoms with Gasteiger partial charge in [0.1, 0.15) is 5.75 Å². The molecule has 0 saturated heterocycles. The molecule has 6 heteroatoms. The number of hydrazone groups is 1. The van der Waals surface area contributed by atoms with Crippen molar-refractivity contribution in [1.29, 1.82) is 5.26 Å². The van der Waals surface area contributed by atoms with Gasteiger partial charge in [-0.1, -0.05) is 24.3 Å². The molecule has 0 bridgehead atoms. The number of benzene rings is 2. The topological polar surface area (TPSA) is 85.9 Å². The highest BCUT2D eigenvalue weighted by molar-refractivity contribution is 6.05. The fraction of sp³-hybridized carbons (Fsp3) is 0.320. The third-order valence-electron chi connectivity index (χ3n) is 6.62. The monoisotopic (exact) mass is 413 g/mol. The summed E-state index contributed by atoms with van der Waals surface area (Å²) >= 11 is 0. The van der Waals surface area contributed by atoms with Gasteiger partial charge in [0.25, 0.3) is 0 Å². The van der Waals surface area contributed by atoms with Crippen LogP contribution >= 0.6 is 0 Å². The van der Waals surface area contributed by atoms with Crippen LogP contribution in [-0.4, -0.2) is 34.6 Å². The first-order chi connectivity index (χ1) is 15.0. The van der Waals surface area contributed by atoms with Crippen LogP contribution in [0, 0.1) is 24.2 Å². The molecular weight excluding hydrogens is 390 g/mol. The molecule has 3 unspecified atom stereocenters. The molecule has 3 aliphatic rings. The van der Waals surface area contributed by atoms with Crippen LogP contribution in [0.25, 0.3) is 0 Å². The number of fused-ring (bicyclic) bond motifs is 3. The van der Waals surface area contributed by atoms with Gasteiger partial charge in [-0.3, -0.25) is 5.01 Å². The molecule has 2 aliphatic carbocycles. The van der Waals surface area contributed by atoms with Crippen LogP contribution in [0.2, 0.25) is 0 Å². The molecule has 1 heterocycles. The van der Waals surface area contributed by atoms with Gasteiger partial charge >= 0.3 is 6.16 Å². The van der Waals surface area contributed by atoms with Crippen LogP contribution in [0.5, 0.6) is 5.75 Å². The van der Waals surface area contributed by atoms with Gasteiger partial charge in [-0.25, -0.2) is 4.79 Å². The smallest absolute Gasteiger partial charge is 0.449 e. The van der Waals surface area contributed by atoms with Gasteiger partial charge in [0, 0.05) is 23.9 Å². The van der Waals surface area contributed by atoms with Crippen LogP contribution in [0.3, 0.4) is 0 Å². The molecular formula is C25H23N3O3. The minimum Gasteiger partial charge on any atom is -0.449 e. The predicted octanol–water partition coefficient (Wildman–Crippen LogP) is 4.62. The zero-order valence-electron chi connectivity index (χ0n) is 17.3. The number of nitrogens with zero attached hydrogens (tertiary/aromatic N) is 3. The lowest BCUT2D eigenvalue weighted by Gasteiger charge is -2.29. The van der Waals surface area contributed by atoms with E-state index in [1.54, 1.807) is 6.07 Å². The summed E-state index contributed by atoms with van der Waals surface area (Å²) in [6, 6.07) is 14.1. The van der Waals surface area contributed by atoms with Gasteiger partial charge < -0.3 is 9.84 Å². The summed E-state index contributed by atoms with van der Waals surface area (Å²) in [5.41, 5.74) is 6.25. The number of nitriles is 1. The Bertz CT molecular complexity index is 1160. The molecule has 0 radical (unpaired) electrons. The fourth-order valence-corrected chi connectivity index (χ4v) is 5.10. The van der Waals surface area contributed by atoms with E-state index in [-0.39, 0.29) is 12.0 Å². The first-order valence-corrected chi connectivity index (χ1v) is 10.6. The Morgan fingerprint density at radius 1 is 1.29 bits per heavy atom. The summed E-state index contributed by atoms with van der Waals surface area (Å²) in [6.07, 6.45) is 6.04. The summed E-state index contributed by atoms with van der Waals surface area (Å²) < 4.78 is 4.82. The maximum atomic E-state index is 10.8. The largest absolute Gasteiger partial charge is 0.511 e. The summed E-state index contributed by atoms with van der Waals surface area (Å²) in [5, 5.41) is 25.4. The van der Waals surface area contributed by atoms with Gasteiger partial charge in [-0.05, 0) is 67.1 Å². The second-order valence-corrected chi connectivity index (χ2v) is 8.47. The van der Waals surface area contributed by atoms with Crippen molar-refractivity contribution in [3.63, 3.8) is 0 Å². The lowest BCUT2D eigenvalue weighted by Crippen LogP contribution is -2.33. The number of aryl methyl sites for hydroxylation is 2. The average Bonchev–Trinajstić information content (AvgIpc) is 3.40. The molecule has 156 valence electrons. The maximum absolute atomic E-state index is 10.8. The van der Waals surface area contributed by atoms with Gasteiger partial charge in [-0.2, -0.15) is 10.4 Å². The van der Waals surface area contributed by atoms with E-state index in [0.29, 0.717) is 11.7 Å². The summed E-state index contributed by atoms with van der Waals surface area (Å²) in [7, 11) is 0. The van der Waals surface area contributed by atoms with Crippen molar-refractivity contribution in [2.75, 3.05) is 6.54 Å². The van der Waals surface area contributed by atoms with E-state index < -0.39 is 6.16 Å². The maximum Gasteiger partial charge on any atom is 0.511 e. The minimum atomic E-state index is -1.30. The summed E-state index contributed by atoms with van der Waals surface area (Å²) in [6.45, 7) is 2.89. The van der Waals surface area contributed by atoms with Crippen molar-refractivity contribution in [3.05, 3.63) is 76.4 Å². The molecule has 0 amide bonds. The standard InChI is InChI=1S/C25H23N3O3/c1-15-11-16(5-7-18(15)13-26)21-3-2-4-23(21)28-14-19-8-6-17-12-20(31-25(29)30)9-10-22(17)24(19)27-28/h2-3,5,7,9-12,19,21,23H,4,6,8,14H2,1H3,(H,29,30). The van der Waals surface area contributed by atoms with Crippen LogP contribution in [0.15, 0.2) is 53.7 Å². The summed E-state index contributed by atoms with van der Waals surface area (Å²) in [5.74, 6) is 1.00. The van der Waals surface area contributed by atoms with E-state index in [2.05, 4.69) is 35.4 Å². The van der Waals surface area contributed by atoms with E-state index in [0.717, 1.165) is 53.8 Å². The van der Waals surface area contributed by atoms with Crippen molar-refractivity contribution in [2.45, 2.75) is 38.1 Å². The molecule has 31 heavy (non-hydrogen) atoms. The Labute approximate surface area is 181 Å². The van der Waals surface area contributed by atoms with E-state index in [4.69, 9.17) is 14.9 Å². The Kier molecular flexibility index (Phi) is 4.74. The first-order valence-electron chi connectivity index (χ1n) is 10.6. The first kappa shape index (κ1) is 19.4. The molecule has 6 nitrogen and oxygen atoms in total. The Morgan fingerprint density at radius 3 is 2.94 bits per heavy atom. The lowest BCUT2D eigenvalue weighted by molar-refractivity contribution is 0.144. The van der Waals surface area contributed by atoms with E-state index in [9.17, 15) is 10.1 Å². The quantitative estimate of drug-likeness (QED) is 0.451. The number of rotatable bonds is 3. The van der Waals surface area contributed by atoms with Crippen LogP contribution in [-0.2, 0) is 6.42 Å². The van der Waals surface area contributed by atoms with Gasteiger partial charge in [0.05, 0.1) is 23.4 Å². The van der Waals surface area contributed by atoms with E-state index in [1.165, 1.54) is 5.56 Å². The molecule has 0 fully saturated rings. The van der Waals surface area contributed by atoms with Gasteiger partial charge in [-0.15, -0.1) is 0 Å². The zero-order chi connectivity index (χ0) is 21.5. The average molecular weight is 413 g/mol. The summed E-state index contributed by atoms with van der Waals surface area (Å²) in [4.78, 5) is 10.8. The number of carbonyl (C=O) groups is 1. The van der Waals surface area contributed by atoms with Crippen LogP contribution < -0.4 is 4.74 Å². The molecule has 0 aromatic heterocycles. The SMILES string of the molecule is Cc1cc(C2C=CCC2N2CC3CCc4cc(OC(=O)O)ccc4C3=N2)ccc1C#N. The van der Waals surface area contributed by atoms with E-state index >= 15 is 0 Å². The third-order valence-corrected chi connectivity index (χ3v) is 6.62. The van der Waals surface area contributed by atoms with Crippen molar-refractivity contribution < 1.29 is 14.6 Å². The highest BCUT2D eigenvalue weighted by Crippen LogP contribution is 2.39. The number of hydrogen-bond donors (Lipinski definition) is 1. The van der Waals surface area contributed by atoms with Crippen molar-refractivity contribution >= 4 is 11.9 Å². The molecule has 0 spiro atoms. The van der Waals surface area contributed by atoms with Crippen LogP contribution in [0.4, 0.5) is 4.79 Å².